The van der Waals surface area contributed by atoms with Gasteiger partial charge in [-0.2, -0.15) is 0 Å². The Labute approximate surface area is 154 Å². The summed E-state index contributed by atoms with van der Waals surface area (Å²) in [6, 6.07) is 11.1. The smallest absolute Gasteiger partial charge is 0.251 e. The highest BCUT2D eigenvalue weighted by Gasteiger charge is 2.18. The third-order valence-electron chi connectivity index (χ3n) is 4.32. The first-order valence-electron chi connectivity index (χ1n) is 8.44. The number of carbonyl (C=O) groups excluding carboxylic acids is 1. The molecule has 0 spiro atoms. The molecule has 6 heteroatoms. The van der Waals surface area contributed by atoms with Crippen molar-refractivity contribution in [2.75, 3.05) is 0 Å². The second-order valence-corrected chi connectivity index (χ2v) is 6.08. The van der Waals surface area contributed by atoms with Crippen LogP contribution >= 0.6 is 12.4 Å². The molecule has 0 bridgehead atoms. The van der Waals surface area contributed by atoms with E-state index >= 15 is 0 Å². The summed E-state index contributed by atoms with van der Waals surface area (Å²) in [7, 11) is 0. The Balaban J connectivity index is 0.00000225. The molecule has 1 amide bonds. The Morgan fingerprint density at radius 2 is 1.92 bits per heavy atom. The molecule has 0 saturated heterocycles. The highest BCUT2D eigenvalue weighted by atomic mass is 35.5. The molecule has 134 valence electrons. The zero-order chi connectivity index (χ0) is 16.8. The molecule has 1 aliphatic carbocycles. The van der Waals surface area contributed by atoms with E-state index in [4.69, 9.17) is 10.5 Å². The minimum absolute atomic E-state index is 0. The van der Waals surface area contributed by atoms with Gasteiger partial charge >= 0.3 is 0 Å². The van der Waals surface area contributed by atoms with Crippen LogP contribution in [0.1, 0.15) is 47.2 Å². The maximum absolute atomic E-state index is 12.3. The summed E-state index contributed by atoms with van der Waals surface area (Å²) < 4.78 is 6.00. The molecular formula is C19H24ClN3O2. The highest BCUT2D eigenvalue weighted by molar-refractivity contribution is 5.94. The van der Waals surface area contributed by atoms with E-state index in [2.05, 4.69) is 10.3 Å². The molecule has 1 heterocycles. The van der Waals surface area contributed by atoms with Crippen LogP contribution < -0.4 is 15.8 Å². The van der Waals surface area contributed by atoms with Crippen molar-refractivity contribution in [1.82, 2.24) is 10.3 Å². The lowest BCUT2D eigenvalue weighted by Crippen LogP contribution is -2.24. The van der Waals surface area contributed by atoms with Crippen LogP contribution in [0.4, 0.5) is 0 Å². The molecule has 0 atom stereocenters. The van der Waals surface area contributed by atoms with Crippen LogP contribution in [-0.2, 0) is 13.1 Å². The van der Waals surface area contributed by atoms with Gasteiger partial charge in [0.2, 0.25) is 5.88 Å². The number of aromatic nitrogens is 1. The quantitative estimate of drug-likeness (QED) is 0.828. The van der Waals surface area contributed by atoms with Gasteiger partial charge in [0.15, 0.2) is 0 Å². The summed E-state index contributed by atoms with van der Waals surface area (Å²) in [5, 5.41) is 2.93. The average molecular weight is 362 g/mol. The van der Waals surface area contributed by atoms with E-state index in [0.717, 1.165) is 24.0 Å². The predicted octanol–water partition coefficient (Wildman–Crippen LogP) is 3.21. The van der Waals surface area contributed by atoms with Crippen molar-refractivity contribution in [3.63, 3.8) is 0 Å². The number of ether oxygens (including phenoxy) is 1. The van der Waals surface area contributed by atoms with Crippen molar-refractivity contribution >= 4 is 18.3 Å². The predicted molar refractivity (Wildman–Crippen MR) is 99.9 cm³/mol. The van der Waals surface area contributed by atoms with E-state index in [-0.39, 0.29) is 24.4 Å². The molecule has 5 nitrogen and oxygen atoms in total. The molecule has 0 aliphatic heterocycles. The number of nitrogens with one attached hydrogen (secondary N) is 1. The molecule has 1 aromatic heterocycles. The van der Waals surface area contributed by atoms with Gasteiger partial charge in [-0.1, -0.05) is 18.2 Å². The van der Waals surface area contributed by atoms with Crippen molar-refractivity contribution in [3.8, 4) is 5.88 Å². The van der Waals surface area contributed by atoms with Crippen LogP contribution in [0.25, 0.3) is 0 Å². The minimum atomic E-state index is -0.116. The van der Waals surface area contributed by atoms with E-state index in [1.807, 2.05) is 24.3 Å². The van der Waals surface area contributed by atoms with Gasteiger partial charge in [0, 0.05) is 30.4 Å². The Kier molecular flexibility index (Phi) is 7.22. The molecule has 1 aliphatic rings. The van der Waals surface area contributed by atoms with Gasteiger partial charge in [0.1, 0.15) is 6.10 Å². The molecule has 0 radical (unpaired) electrons. The number of hydrogen-bond donors (Lipinski definition) is 2. The number of nitrogens with zero attached hydrogens (tertiary/aromatic N) is 1. The van der Waals surface area contributed by atoms with Crippen molar-refractivity contribution in [2.45, 2.75) is 44.9 Å². The van der Waals surface area contributed by atoms with Crippen LogP contribution in [0.15, 0.2) is 42.6 Å². The molecule has 1 fully saturated rings. The van der Waals surface area contributed by atoms with Gasteiger partial charge in [-0.15, -0.1) is 12.4 Å². The van der Waals surface area contributed by atoms with Crippen LogP contribution in [0.3, 0.4) is 0 Å². The van der Waals surface area contributed by atoms with Gasteiger partial charge in [-0.05, 0) is 49.4 Å². The maximum Gasteiger partial charge on any atom is 0.251 e. The van der Waals surface area contributed by atoms with Crippen LogP contribution in [0.2, 0.25) is 0 Å². The monoisotopic (exact) mass is 361 g/mol. The molecule has 2 aromatic rings. The maximum atomic E-state index is 12.3. The number of nitrogens with two attached hydrogens (primary N) is 1. The Hall–Kier alpha value is -2.11. The van der Waals surface area contributed by atoms with Gasteiger partial charge in [-0.25, -0.2) is 4.98 Å². The lowest BCUT2D eigenvalue weighted by Gasteiger charge is -2.15. The normalized spacial score (nSPS) is 14.0. The lowest BCUT2D eigenvalue weighted by molar-refractivity contribution is 0.0950. The molecule has 1 saturated carbocycles. The van der Waals surface area contributed by atoms with Crippen molar-refractivity contribution in [1.29, 1.82) is 0 Å². The van der Waals surface area contributed by atoms with Crippen LogP contribution in [0.5, 0.6) is 5.88 Å². The number of amides is 1. The van der Waals surface area contributed by atoms with E-state index in [0.29, 0.717) is 24.5 Å². The van der Waals surface area contributed by atoms with Gasteiger partial charge < -0.3 is 15.8 Å². The largest absolute Gasteiger partial charge is 0.474 e. The van der Waals surface area contributed by atoms with E-state index in [1.165, 1.54) is 12.8 Å². The minimum Gasteiger partial charge on any atom is -0.474 e. The zero-order valence-electron chi connectivity index (χ0n) is 14.1. The SMILES string of the molecule is Cl.NCc1ccc(C(=O)NCc2cccnc2OC2CCCC2)cc1. The van der Waals surface area contributed by atoms with Crippen molar-refractivity contribution in [2.24, 2.45) is 5.73 Å². The number of rotatable bonds is 6. The molecule has 1 aromatic carbocycles. The van der Waals surface area contributed by atoms with E-state index in [1.54, 1.807) is 18.3 Å². The molecule has 0 unspecified atom stereocenters. The van der Waals surface area contributed by atoms with Gasteiger partial charge in [0.25, 0.3) is 5.91 Å². The summed E-state index contributed by atoms with van der Waals surface area (Å²) in [4.78, 5) is 16.6. The van der Waals surface area contributed by atoms with E-state index < -0.39 is 0 Å². The van der Waals surface area contributed by atoms with Crippen molar-refractivity contribution < 1.29 is 9.53 Å². The van der Waals surface area contributed by atoms with E-state index in [9.17, 15) is 4.79 Å². The molecule has 3 rings (SSSR count). The Morgan fingerprint density at radius 3 is 2.60 bits per heavy atom. The van der Waals surface area contributed by atoms with Gasteiger partial charge in [-0.3, -0.25) is 4.79 Å². The average Bonchev–Trinajstić information content (AvgIpc) is 3.14. The Morgan fingerprint density at radius 1 is 1.20 bits per heavy atom. The summed E-state index contributed by atoms with van der Waals surface area (Å²) in [5.41, 5.74) is 8.10. The van der Waals surface area contributed by atoms with Crippen LogP contribution in [-0.4, -0.2) is 17.0 Å². The zero-order valence-corrected chi connectivity index (χ0v) is 14.9. The molecule has 25 heavy (non-hydrogen) atoms. The second kappa shape index (κ2) is 9.39. The summed E-state index contributed by atoms with van der Waals surface area (Å²) in [6.45, 7) is 0.868. The highest BCUT2D eigenvalue weighted by Crippen LogP contribution is 2.25. The molecule has 3 N–H and O–H groups in total. The standard InChI is InChI=1S/C19H23N3O2.ClH/c20-12-14-7-9-15(10-8-14)18(23)22-13-16-4-3-11-21-19(16)24-17-5-1-2-6-17;/h3-4,7-11,17H,1-2,5-6,12-13,20H2,(H,22,23);1H. The number of hydrogen-bond acceptors (Lipinski definition) is 4. The number of carbonyl (C=O) groups is 1. The first-order chi connectivity index (χ1) is 11.8. The van der Waals surface area contributed by atoms with Crippen molar-refractivity contribution in [3.05, 3.63) is 59.3 Å². The number of halogens is 1. The fraction of sp³-hybridized carbons (Fsp3) is 0.368. The first-order valence-corrected chi connectivity index (χ1v) is 8.44. The lowest BCUT2D eigenvalue weighted by atomic mass is 10.1. The summed E-state index contributed by atoms with van der Waals surface area (Å²) in [5.74, 6) is 0.512. The summed E-state index contributed by atoms with van der Waals surface area (Å²) in [6.07, 6.45) is 6.55. The van der Waals surface area contributed by atoms with Crippen LogP contribution in [0, 0.1) is 0 Å². The topological polar surface area (TPSA) is 77.2 Å². The number of pyridine rings is 1. The first kappa shape index (κ1) is 19.2. The second-order valence-electron chi connectivity index (χ2n) is 6.08. The van der Waals surface area contributed by atoms with Gasteiger partial charge in [0.05, 0.1) is 0 Å². The fourth-order valence-electron chi connectivity index (χ4n) is 2.90. The number of benzene rings is 1. The molecular weight excluding hydrogens is 338 g/mol. The summed E-state index contributed by atoms with van der Waals surface area (Å²) >= 11 is 0. The fourth-order valence-corrected chi connectivity index (χ4v) is 2.90. The Bertz CT molecular complexity index is 685. The third kappa shape index (κ3) is 5.18. The third-order valence-corrected chi connectivity index (χ3v) is 4.32.